The van der Waals surface area contributed by atoms with Gasteiger partial charge in [0.2, 0.25) is 0 Å². The van der Waals surface area contributed by atoms with Gasteiger partial charge >= 0.3 is 5.97 Å². The van der Waals surface area contributed by atoms with E-state index in [1.807, 2.05) is 6.92 Å². The van der Waals surface area contributed by atoms with E-state index in [1.165, 1.54) is 27.4 Å². The second kappa shape index (κ2) is 12.7. The molecule has 0 amide bonds. The van der Waals surface area contributed by atoms with Gasteiger partial charge in [-0.2, -0.15) is 0 Å². The molecule has 0 bridgehead atoms. The van der Waals surface area contributed by atoms with E-state index in [0.717, 1.165) is 0 Å². The van der Waals surface area contributed by atoms with Crippen LogP contribution in [0.15, 0.2) is 30.4 Å². The van der Waals surface area contributed by atoms with Crippen molar-refractivity contribution < 1.29 is 47.5 Å². The Balaban J connectivity index is 2.18. The summed E-state index contributed by atoms with van der Waals surface area (Å²) in [6.45, 7) is 6.93. The molecule has 0 spiro atoms. The van der Waals surface area contributed by atoms with Crippen LogP contribution in [0.4, 0.5) is 0 Å². The summed E-state index contributed by atoms with van der Waals surface area (Å²) < 4.78 is 45.0. The second-order valence-electron chi connectivity index (χ2n) is 9.29. The van der Waals surface area contributed by atoms with Crippen molar-refractivity contribution in [2.24, 2.45) is 5.92 Å². The highest BCUT2D eigenvalue weighted by molar-refractivity contribution is 5.97. The first-order valence-electron chi connectivity index (χ1n) is 12.0. The van der Waals surface area contributed by atoms with Gasteiger partial charge in [-0.1, -0.05) is 25.2 Å². The smallest absolute Gasteiger partial charge is 0.342 e. The molecule has 0 saturated carbocycles. The number of methoxy groups -OCH3 is 3. The molecular weight excluding hydrogens is 484 g/mol. The highest BCUT2D eigenvalue weighted by Gasteiger charge is 2.48. The maximum Gasteiger partial charge on any atom is 0.342 e. The molecule has 1 aromatic rings. The quantitative estimate of drug-likeness (QED) is 0.391. The van der Waals surface area contributed by atoms with Crippen molar-refractivity contribution in [1.29, 1.82) is 0 Å². The standard InChI is InChI=1S/C27H36O10/c1-16-8-10-20(28)24-25(37-27(3,4)36-24)21(33-14-30-5)11-9-18-12-19(32-7)13-22(34-15-31-6)23(18)26(29)35-17(16)2/h8-13,16-17,21,24-25H,14-15H2,1-7H3/b10-8-,11-9+/t16-,17+,21?,24-,25?/m1/s1. The van der Waals surface area contributed by atoms with Crippen LogP contribution in [-0.4, -0.2) is 76.9 Å². The number of ether oxygens (including phenoxy) is 8. The van der Waals surface area contributed by atoms with Gasteiger partial charge in [0.1, 0.15) is 42.2 Å². The number of carbonyl (C=O) groups excluding carboxylic acids is 2. The number of fused-ring (bicyclic) bond motifs is 2. The van der Waals surface area contributed by atoms with Crippen LogP contribution >= 0.6 is 0 Å². The fraction of sp³-hybridized carbons (Fsp3) is 0.556. The monoisotopic (exact) mass is 520 g/mol. The minimum atomic E-state index is -1.02. The fourth-order valence-electron chi connectivity index (χ4n) is 4.00. The Hall–Kier alpha value is -2.76. The number of hydrogen-bond donors (Lipinski definition) is 0. The molecular formula is C27H36O10. The van der Waals surface area contributed by atoms with Crippen LogP contribution < -0.4 is 9.47 Å². The first-order chi connectivity index (χ1) is 17.6. The van der Waals surface area contributed by atoms with Crippen LogP contribution in [0.2, 0.25) is 0 Å². The lowest BCUT2D eigenvalue weighted by Gasteiger charge is -2.24. The third-order valence-corrected chi connectivity index (χ3v) is 6.05. The molecule has 2 unspecified atom stereocenters. The van der Waals surface area contributed by atoms with Gasteiger partial charge in [-0.15, -0.1) is 0 Å². The zero-order chi connectivity index (χ0) is 27.2. The van der Waals surface area contributed by atoms with Gasteiger partial charge in [-0.05, 0) is 38.5 Å². The summed E-state index contributed by atoms with van der Waals surface area (Å²) in [6, 6.07) is 3.27. The van der Waals surface area contributed by atoms with E-state index in [2.05, 4.69) is 0 Å². The van der Waals surface area contributed by atoms with Crippen molar-refractivity contribution in [3.63, 3.8) is 0 Å². The molecule has 0 aliphatic carbocycles. The Bertz CT molecular complexity index is 1010. The van der Waals surface area contributed by atoms with Crippen LogP contribution in [0.25, 0.3) is 6.08 Å². The van der Waals surface area contributed by atoms with Crippen molar-refractivity contribution in [1.82, 2.24) is 0 Å². The van der Waals surface area contributed by atoms with Crippen molar-refractivity contribution in [3.8, 4) is 11.5 Å². The Kier molecular flexibility index (Phi) is 9.86. The van der Waals surface area contributed by atoms with Gasteiger partial charge < -0.3 is 37.9 Å². The van der Waals surface area contributed by atoms with Crippen LogP contribution in [-0.2, 0) is 33.2 Å². The van der Waals surface area contributed by atoms with E-state index in [4.69, 9.17) is 37.9 Å². The first kappa shape index (κ1) is 28.8. The molecule has 0 aromatic heterocycles. The minimum absolute atomic E-state index is 0.0597. The Labute approximate surface area is 217 Å². The highest BCUT2D eigenvalue weighted by atomic mass is 16.8. The molecule has 0 radical (unpaired) electrons. The zero-order valence-electron chi connectivity index (χ0n) is 22.3. The predicted octanol–water partition coefficient (Wildman–Crippen LogP) is 3.52. The number of benzene rings is 1. The molecule has 0 N–H and O–H groups in total. The summed E-state index contributed by atoms with van der Waals surface area (Å²) in [5.41, 5.74) is 0.645. The number of rotatable bonds is 7. The highest BCUT2D eigenvalue weighted by Crippen LogP contribution is 2.35. The number of ketones is 1. The summed E-state index contributed by atoms with van der Waals surface area (Å²) in [4.78, 5) is 26.6. The Morgan fingerprint density at radius 1 is 0.946 bits per heavy atom. The Morgan fingerprint density at radius 3 is 2.35 bits per heavy atom. The average molecular weight is 521 g/mol. The van der Waals surface area contributed by atoms with Crippen molar-refractivity contribution in [2.45, 2.75) is 57.9 Å². The predicted molar refractivity (Wildman–Crippen MR) is 133 cm³/mol. The molecule has 10 nitrogen and oxygen atoms in total. The summed E-state index contributed by atoms with van der Waals surface area (Å²) in [7, 11) is 4.48. The molecule has 10 heteroatoms. The van der Waals surface area contributed by atoms with Gasteiger partial charge in [0.05, 0.1) is 7.11 Å². The zero-order valence-corrected chi connectivity index (χ0v) is 22.3. The molecule has 37 heavy (non-hydrogen) atoms. The van der Waals surface area contributed by atoms with E-state index >= 15 is 0 Å². The fourth-order valence-corrected chi connectivity index (χ4v) is 4.00. The van der Waals surface area contributed by atoms with Gasteiger partial charge in [0.15, 0.2) is 24.5 Å². The molecule has 3 rings (SSSR count). The van der Waals surface area contributed by atoms with Gasteiger partial charge in [-0.3, -0.25) is 4.79 Å². The molecule has 5 atom stereocenters. The third-order valence-electron chi connectivity index (χ3n) is 6.05. The van der Waals surface area contributed by atoms with E-state index in [-0.39, 0.29) is 36.6 Å². The molecule has 1 aromatic carbocycles. The maximum absolute atomic E-state index is 13.4. The number of carbonyl (C=O) groups is 2. The van der Waals surface area contributed by atoms with Crippen molar-refractivity contribution in [3.05, 3.63) is 41.5 Å². The number of cyclic esters (lactones) is 1. The molecule has 2 aliphatic heterocycles. The van der Waals surface area contributed by atoms with Gasteiger partial charge in [0.25, 0.3) is 0 Å². The van der Waals surface area contributed by atoms with Crippen LogP contribution in [0.1, 0.15) is 43.6 Å². The van der Waals surface area contributed by atoms with Crippen LogP contribution in [0.3, 0.4) is 0 Å². The molecule has 1 saturated heterocycles. The lowest BCUT2D eigenvalue weighted by molar-refractivity contribution is -0.164. The van der Waals surface area contributed by atoms with E-state index in [0.29, 0.717) is 11.3 Å². The largest absolute Gasteiger partial charge is 0.497 e. The third kappa shape index (κ3) is 7.18. The number of hydrogen-bond acceptors (Lipinski definition) is 10. The molecule has 2 heterocycles. The maximum atomic E-state index is 13.4. The summed E-state index contributed by atoms with van der Waals surface area (Å²) in [5, 5.41) is 0. The van der Waals surface area contributed by atoms with E-state index < -0.39 is 36.2 Å². The lowest BCUT2D eigenvalue weighted by Crippen LogP contribution is -2.40. The van der Waals surface area contributed by atoms with E-state index in [1.54, 1.807) is 51.1 Å². The summed E-state index contributed by atoms with van der Waals surface area (Å²) in [5.74, 6) is -1.48. The van der Waals surface area contributed by atoms with Crippen LogP contribution in [0.5, 0.6) is 11.5 Å². The van der Waals surface area contributed by atoms with Gasteiger partial charge in [0, 0.05) is 26.2 Å². The summed E-state index contributed by atoms with van der Waals surface area (Å²) >= 11 is 0. The van der Waals surface area contributed by atoms with Crippen LogP contribution in [0, 0.1) is 5.92 Å². The Morgan fingerprint density at radius 2 is 1.68 bits per heavy atom. The lowest BCUT2D eigenvalue weighted by atomic mass is 9.98. The second-order valence-corrected chi connectivity index (χ2v) is 9.29. The average Bonchev–Trinajstić information content (AvgIpc) is 3.19. The van der Waals surface area contributed by atoms with Crippen molar-refractivity contribution in [2.75, 3.05) is 34.9 Å². The molecule has 204 valence electrons. The molecule has 1 fully saturated rings. The number of esters is 1. The minimum Gasteiger partial charge on any atom is -0.497 e. The normalized spacial score (nSPS) is 29.4. The van der Waals surface area contributed by atoms with Crippen molar-refractivity contribution >= 4 is 17.8 Å². The summed E-state index contributed by atoms with van der Waals surface area (Å²) in [6.07, 6.45) is 3.48. The van der Waals surface area contributed by atoms with E-state index in [9.17, 15) is 9.59 Å². The molecule has 2 aliphatic rings. The topological polar surface area (TPSA) is 108 Å². The first-order valence-corrected chi connectivity index (χ1v) is 12.0. The van der Waals surface area contributed by atoms with Gasteiger partial charge in [-0.25, -0.2) is 4.79 Å². The SMILES string of the molecule is COCOc1cc(OC)cc2c1C(=O)O[C@@H](C)[C@H](C)/C=C\C(=O)[C@H]1OC(C)(C)OC1C(OCOC)/C=C/2.